The number of rotatable bonds is 7. The van der Waals surface area contributed by atoms with E-state index in [-0.39, 0.29) is 5.91 Å². The summed E-state index contributed by atoms with van der Waals surface area (Å²) in [5.41, 5.74) is 1.87. The topological polar surface area (TPSA) is 45.2 Å². The summed E-state index contributed by atoms with van der Waals surface area (Å²) in [7, 11) is 0. The number of para-hydroxylation sites is 1. The predicted molar refractivity (Wildman–Crippen MR) is 91.6 cm³/mol. The highest BCUT2D eigenvalue weighted by atomic mass is 16.1. The van der Waals surface area contributed by atoms with Crippen molar-refractivity contribution in [2.24, 2.45) is 0 Å². The van der Waals surface area contributed by atoms with E-state index in [0.717, 1.165) is 36.1 Å². The molecule has 2 rings (SSSR count). The molecule has 0 spiro atoms. The average molecular weight is 297 g/mol. The molecule has 1 N–H and O–H groups in total. The van der Waals surface area contributed by atoms with Crippen LogP contribution in [-0.4, -0.2) is 42.0 Å². The Bertz CT molecular complexity index is 642. The number of hydrogen-bond donors (Lipinski definition) is 1. The molecule has 2 aromatic rings. The van der Waals surface area contributed by atoms with E-state index in [9.17, 15) is 4.79 Å². The summed E-state index contributed by atoms with van der Waals surface area (Å²) in [6, 6.07) is 9.89. The lowest BCUT2D eigenvalue weighted by molar-refractivity contribution is -0.116. The largest absolute Gasteiger partial charge is 0.351 e. The number of benzene rings is 1. The minimum atomic E-state index is -0.0694. The van der Waals surface area contributed by atoms with Crippen molar-refractivity contribution >= 4 is 22.9 Å². The van der Waals surface area contributed by atoms with E-state index in [1.807, 2.05) is 36.4 Å². The van der Waals surface area contributed by atoms with Crippen molar-refractivity contribution in [2.45, 2.75) is 13.8 Å². The maximum absolute atomic E-state index is 11.9. The second-order valence-corrected chi connectivity index (χ2v) is 5.07. The number of carbonyl (C=O) groups excluding carboxylic acids is 1. The van der Waals surface area contributed by atoms with Crippen molar-refractivity contribution in [3.05, 3.63) is 48.2 Å². The van der Waals surface area contributed by atoms with Gasteiger partial charge in [-0.2, -0.15) is 0 Å². The first kappa shape index (κ1) is 16.2. The number of likely N-dealkylation sites (N-methyl/N-ethyl adjacent to an activating group) is 1. The maximum atomic E-state index is 11.9. The van der Waals surface area contributed by atoms with Crippen LogP contribution in [0.1, 0.15) is 19.4 Å². The van der Waals surface area contributed by atoms with Crippen molar-refractivity contribution in [3.8, 4) is 0 Å². The summed E-state index contributed by atoms with van der Waals surface area (Å²) in [5.74, 6) is -0.0694. The molecule has 0 saturated heterocycles. The molecule has 0 aliphatic carbocycles. The van der Waals surface area contributed by atoms with Gasteiger partial charge in [-0.25, -0.2) is 0 Å². The van der Waals surface area contributed by atoms with Crippen LogP contribution in [0, 0.1) is 0 Å². The summed E-state index contributed by atoms with van der Waals surface area (Å²) in [6.07, 6.45) is 5.16. The summed E-state index contributed by atoms with van der Waals surface area (Å²) in [4.78, 5) is 18.5. The van der Waals surface area contributed by atoms with Crippen LogP contribution in [0.4, 0.5) is 0 Å². The fourth-order valence-electron chi connectivity index (χ4n) is 2.36. The Labute approximate surface area is 131 Å². The van der Waals surface area contributed by atoms with Crippen molar-refractivity contribution in [1.29, 1.82) is 0 Å². The first-order chi connectivity index (χ1) is 10.7. The fraction of sp³-hybridized carbons (Fsp3) is 0.333. The van der Waals surface area contributed by atoms with E-state index in [1.54, 1.807) is 12.3 Å². The van der Waals surface area contributed by atoms with Gasteiger partial charge in [-0.3, -0.25) is 9.78 Å². The summed E-state index contributed by atoms with van der Waals surface area (Å²) >= 11 is 0. The number of amides is 1. The molecule has 1 amide bonds. The highest BCUT2D eigenvalue weighted by Crippen LogP contribution is 2.16. The molecular weight excluding hydrogens is 274 g/mol. The van der Waals surface area contributed by atoms with Gasteiger partial charge in [0.25, 0.3) is 0 Å². The molecule has 0 aliphatic heterocycles. The van der Waals surface area contributed by atoms with E-state index in [4.69, 9.17) is 0 Å². The number of nitrogens with zero attached hydrogens (tertiary/aromatic N) is 2. The molecule has 0 aliphatic rings. The third-order valence-corrected chi connectivity index (χ3v) is 3.70. The van der Waals surface area contributed by atoms with Crippen LogP contribution in [0.3, 0.4) is 0 Å². The summed E-state index contributed by atoms with van der Waals surface area (Å²) < 4.78 is 0. The first-order valence-electron chi connectivity index (χ1n) is 7.76. The third kappa shape index (κ3) is 4.40. The van der Waals surface area contributed by atoms with Gasteiger partial charge in [-0.15, -0.1) is 0 Å². The molecule has 116 valence electrons. The van der Waals surface area contributed by atoms with Crippen molar-refractivity contribution in [3.63, 3.8) is 0 Å². The van der Waals surface area contributed by atoms with Crippen molar-refractivity contribution in [2.75, 3.05) is 26.2 Å². The highest BCUT2D eigenvalue weighted by Gasteiger charge is 2.01. The number of carbonyl (C=O) groups is 1. The van der Waals surface area contributed by atoms with Gasteiger partial charge in [0.2, 0.25) is 5.91 Å². The quantitative estimate of drug-likeness (QED) is 0.799. The van der Waals surface area contributed by atoms with Crippen molar-refractivity contribution < 1.29 is 4.79 Å². The average Bonchev–Trinajstić information content (AvgIpc) is 2.57. The second-order valence-electron chi connectivity index (χ2n) is 5.07. The normalized spacial score (nSPS) is 11.4. The Kier molecular flexibility index (Phi) is 6.10. The van der Waals surface area contributed by atoms with Crippen LogP contribution >= 0.6 is 0 Å². The number of pyridine rings is 1. The monoisotopic (exact) mass is 297 g/mol. The van der Waals surface area contributed by atoms with Gasteiger partial charge >= 0.3 is 0 Å². The van der Waals surface area contributed by atoms with Crippen LogP contribution < -0.4 is 5.32 Å². The Morgan fingerprint density at radius 2 is 2.00 bits per heavy atom. The van der Waals surface area contributed by atoms with Gasteiger partial charge in [0, 0.05) is 36.3 Å². The van der Waals surface area contributed by atoms with Gasteiger partial charge in [-0.05, 0) is 25.2 Å². The number of nitrogens with one attached hydrogen (secondary N) is 1. The zero-order chi connectivity index (χ0) is 15.8. The van der Waals surface area contributed by atoms with E-state index in [2.05, 4.69) is 29.0 Å². The summed E-state index contributed by atoms with van der Waals surface area (Å²) in [5, 5.41) is 3.99. The third-order valence-electron chi connectivity index (χ3n) is 3.70. The van der Waals surface area contributed by atoms with Crippen LogP contribution in [0.2, 0.25) is 0 Å². The molecule has 0 saturated carbocycles. The Hall–Kier alpha value is -2.20. The molecule has 0 radical (unpaired) electrons. The molecule has 1 heterocycles. The van der Waals surface area contributed by atoms with Crippen LogP contribution in [0.5, 0.6) is 0 Å². The van der Waals surface area contributed by atoms with Crippen LogP contribution in [0.15, 0.2) is 42.6 Å². The molecule has 1 aromatic heterocycles. The predicted octanol–water partition coefficient (Wildman–Crippen LogP) is 2.71. The lowest BCUT2D eigenvalue weighted by Crippen LogP contribution is -2.34. The first-order valence-corrected chi connectivity index (χ1v) is 7.76. The van der Waals surface area contributed by atoms with Crippen molar-refractivity contribution in [1.82, 2.24) is 15.2 Å². The van der Waals surface area contributed by atoms with E-state index in [1.165, 1.54) is 0 Å². The van der Waals surface area contributed by atoms with Gasteiger partial charge in [-0.1, -0.05) is 38.1 Å². The molecule has 22 heavy (non-hydrogen) atoms. The maximum Gasteiger partial charge on any atom is 0.244 e. The number of hydrogen-bond acceptors (Lipinski definition) is 3. The Balaban J connectivity index is 1.94. The van der Waals surface area contributed by atoms with Gasteiger partial charge in [0.15, 0.2) is 0 Å². The number of aromatic nitrogens is 1. The standard InChI is InChI=1S/C18H23N3O/c1-3-21(4-2)14-13-19-17(22)11-10-16-8-5-7-15-9-6-12-20-18(15)16/h5-12H,3-4,13-14H2,1-2H3,(H,19,22)/b11-10+. The molecule has 0 bridgehead atoms. The zero-order valence-electron chi connectivity index (χ0n) is 13.2. The molecule has 1 aromatic carbocycles. The van der Waals surface area contributed by atoms with E-state index >= 15 is 0 Å². The van der Waals surface area contributed by atoms with Crippen LogP contribution in [0.25, 0.3) is 17.0 Å². The Morgan fingerprint density at radius 3 is 2.77 bits per heavy atom. The molecule has 0 atom stereocenters. The molecule has 4 nitrogen and oxygen atoms in total. The fourth-order valence-corrected chi connectivity index (χ4v) is 2.36. The highest BCUT2D eigenvalue weighted by molar-refractivity contribution is 5.95. The minimum Gasteiger partial charge on any atom is -0.351 e. The molecular formula is C18H23N3O. The number of fused-ring (bicyclic) bond motifs is 1. The molecule has 0 unspecified atom stereocenters. The SMILES string of the molecule is CCN(CC)CCNC(=O)/C=C/c1cccc2cccnc12. The van der Waals surface area contributed by atoms with E-state index < -0.39 is 0 Å². The summed E-state index contributed by atoms with van der Waals surface area (Å²) in [6.45, 7) is 7.80. The zero-order valence-corrected chi connectivity index (χ0v) is 13.2. The van der Waals surface area contributed by atoms with Gasteiger partial charge in [0.1, 0.15) is 0 Å². The lowest BCUT2D eigenvalue weighted by atomic mass is 10.1. The Morgan fingerprint density at radius 1 is 1.23 bits per heavy atom. The van der Waals surface area contributed by atoms with Gasteiger partial charge < -0.3 is 10.2 Å². The smallest absolute Gasteiger partial charge is 0.244 e. The second kappa shape index (κ2) is 8.29. The minimum absolute atomic E-state index is 0.0694. The van der Waals surface area contributed by atoms with Crippen LogP contribution in [-0.2, 0) is 4.79 Å². The van der Waals surface area contributed by atoms with Gasteiger partial charge in [0.05, 0.1) is 5.52 Å². The lowest BCUT2D eigenvalue weighted by Gasteiger charge is -2.17. The molecule has 0 fully saturated rings. The van der Waals surface area contributed by atoms with E-state index in [0.29, 0.717) is 6.54 Å². The molecule has 4 heteroatoms.